The molecule has 3 N–H and O–H groups in total. The highest BCUT2D eigenvalue weighted by atomic mass is 79.9. The molecule has 0 heterocycles. The summed E-state index contributed by atoms with van der Waals surface area (Å²) in [6.07, 6.45) is -0.639. The summed E-state index contributed by atoms with van der Waals surface area (Å²) in [6.45, 7) is 0.201. The summed E-state index contributed by atoms with van der Waals surface area (Å²) in [4.78, 5) is 0. The van der Waals surface area contributed by atoms with Crippen molar-refractivity contribution in [1.29, 1.82) is 0 Å². The second kappa shape index (κ2) is 4.23. The quantitative estimate of drug-likeness (QED) is 0.844. The first-order chi connectivity index (χ1) is 5.63. The van der Waals surface area contributed by atoms with Crippen LogP contribution in [0.25, 0.3) is 0 Å². The Morgan fingerprint density at radius 2 is 2.17 bits per heavy atom. The maximum atomic E-state index is 9.37. The molecule has 1 atom stereocenters. The van der Waals surface area contributed by atoms with Crippen molar-refractivity contribution in [2.75, 3.05) is 6.54 Å². The molecule has 0 saturated carbocycles. The molecule has 2 nitrogen and oxygen atoms in total. The fourth-order valence-corrected chi connectivity index (χ4v) is 1.79. The van der Waals surface area contributed by atoms with Crippen molar-refractivity contribution in [2.45, 2.75) is 6.10 Å². The van der Waals surface area contributed by atoms with Crippen molar-refractivity contribution in [3.8, 4) is 0 Å². The van der Waals surface area contributed by atoms with Gasteiger partial charge in [-0.3, -0.25) is 0 Å². The molecule has 1 aromatic rings. The minimum Gasteiger partial charge on any atom is -0.387 e. The van der Waals surface area contributed by atoms with Gasteiger partial charge < -0.3 is 10.8 Å². The maximum absolute atomic E-state index is 9.37. The Morgan fingerprint density at radius 1 is 1.50 bits per heavy atom. The lowest BCUT2D eigenvalue weighted by Gasteiger charge is -2.08. The van der Waals surface area contributed by atoms with Crippen LogP contribution < -0.4 is 5.73 Å². The van der Waals surface area contributed by atoms with Crippen LogP contribution in [-0.2, 0) is 0 Å². The Hall–Kier alpha value is -0.0900. The number of aliphatic hydroxyl groups excluding tert-OH is 1. The molecule has 4 heteroatoms. The van der Waals surface area contributed by atoms with Crippen molar-refractivity contribution in [3.63, 3.8) is 0 Å². The lowest BCUT2D eigenvalue weighted by atomic mass is 10.1. The van der Waals surface area contributed by atoms with E-state index in [1.807, 2.05) is 0 Å². The van der Waals surface area contributed by atoms with E-state index in [1.54, 1.807) is 18.2 Å². The number of benzene rings is 1. The SMILES string of the molecule is NCC(O)c1cc(Cl)cc(Br)c1. The van der Waals surface area contributed by atoms with E-state index in [1.165, 1.54) is 0 Å². The van der Waals surface area contributed by atoms with Gasteiger partial charge in [0.2, 0.25) is 0 Å². The molecule has 0 amide bonds. The van der Waals surface area contributed by atoms with Gasteiger partial charge in [-0.1, -0.05) is 27.5 Å². The second-order valence-electron chi connectivity index (χ2n) is 2.45. The van der Waals surface area contributed by atoms with Crippen molar-refractivity contribution in [1.82, 2.24) is 0 Å². The predicted octanol–water partition coefficient (Wildman–Crippen LogP) is 2.09. The minimum absolute atomic E-state index is 0.201. The van der Waals surface area contributed by atoms with Crippen LogP contribution in [0.4, 0.5) is 0 Å². The van der Waals surface area contributed by atoms with Gasteiger partial charge in [0.1, 0.15) is 0 Å². The molecule has 1 rings (SSSR count). The topological polar surface area (TPSA) is 46.2 Å². The third kappa shape index (κ3) is 2.45. The van der Waals surface area contributed by atoms with Crippen LogP contribution >= 0.6 is 27.5 Å². The molecule has 0 fully saturated rings. The van der Waals surface area contributed by atoms with Crippen LogP contribution in [0.1, 0.15) is 11.7 Å². The lowest BCUT2D eigenvalue weighted by Crippen LogP contribution is -2.11. The average Bonchev–Trinajstić information content (AvgIpc) is 2.01. The second-order valence-corrected chi connectivity index (χ2v) is 3.81. The zero-order valence-electron chi connectivity index (χ0n) is 6.30. The average molecular weight is 251 g/mol. The fraction of sp³-hybridized carbons (Fsp3) is 0.250. The Morgan fingerprint density at radius 3 is 2.67 bits per heavy atom. The number of halogens is 2. The van der Waals surface area contributed by atoms with Crippen LogP contribution in [0.5, 0.6) is 0 Å². The van der Waals surface area contributed by atoms with Crippen LogP contribution in [0, 0.1) is 0 Å². The van der Waals surface area contributed by atoms with Crippen LogP contribution in [0.2, 0.25) is 5.02 Å². The van der Waals surface area contributed by atoms with E-state index in [0.717, 1.165) is 10.0 Å². The lowest BCUT2D eigenvalue weighted by molar-refractivity contribution is 0.186. The number of hydrogen-bond acceptors (Lipinski definition) is 2. The summed E-state index contributed by atoms with van der Waals surface area (Å²) in [6, 6.07) is 5.25. The van der Waals surface area contributed by atoms with Crippen LogP contribution in [0.3, 0.4) is 0 Å². The molecular weight excluding hydrogens is 241 g/mol. The molecule has 0 aliphatic carbocycles. The molecule has 0 aliphatic heterocycles. The summed E-state index contributed by atoms with van der Waals surface area (Å²) < 4.78 is 0.845. The summed E-state index contributed by atoms with van der Waals surface area (Å²) in [7, 11) is 0. The van der Waals surface area contributed by atoms with Crippen molar-refractivity contribution < 1.29 is 5.11 Å². The van der Waals surface area contributed by atoms with Crippen molar-refractivity contribution in [2.24, 2.45) is 5.73 Å². The highest BCUT2D eigenvalue weighted by molar-refractivity contribution is 9.10. The van der Waals surface area contributed by atoms with Gasteiger partial charge in [0.15, 0.2) is 0 Å². The van der Waals surface area contributed by atoms with E-state index < -0.39 is 6.10 Å². The van der Waals surface area contributed by atoms with E-state index in [4.69, 9.17) is 17.3 Å². The van der Waals surface area contributed by atoms with Gasteiger partial charge in [-0.2, -0.15) is 0 Å². The first-order valence-corrected chi connectivity index (χ1v) is 4.64. The van der Waals surface area contributed by atoms with Crippen molar-refractivity contribution >= 4 is 27.5 Å². The molecule has 0 bridgehead atoms. The smallest absolute Gasteiger partial charge is 0.0913 e. The number of rotatable bonds is 2. The molecule has 1 unspecified atom stereocenters. The third-order valence-electron chi connectivity index (χ3n) is 1.49. The van der Waals surface area contributed by atoms with Gasteiger partial charge in [-0.15, -0.1) is 0 Å². The van der Waals surface area contributed by atoms with Crippen molar-refractivity contribution in [3.05, 3.63) is 33.3 Å². The molecule has 0 radical (unpaired) electrons. The molecule has 0 spiro atoms. The normalized spacial score (nSPS) is 13.0. The van der Waals surface area contributed by atoms with E-state index in [9.17, 15) is 5.11 Å². The van der Waals surface area contributed by atoms with Gasteiger partial charge >= 0.3 is 0 Å². The third-order valence-corrected chi connectivity index (χ3v) is 2.17. The number of nitrogens with two attached hydrogens (primary N) is 1. The van der Waals surface area contributed by atoms with Crippen LogP contribution in [0.15, 0.2) is 22.7 Å². The van der Waals surface area contributed by atoms with E-state index in [0.29, 0.717) is 5.02 Å². The van der Waals surface area contributed by atoms with Gasteiger partial charge in [-0.05, 0) is 23.8 Å². The number of aliphatic hydroxyl groups is 1. The molecule has 12 heavy (non-hydrogen) atoms. The van der Waals surface area contributed by atoms with Gasteiger partial charge in [0.25, 0.3) is 0 Å². The fourth-order valence-electron chi connectivity index (χ4n) is 0.904. The van der Waals surface area contributed by atoms with E-state index in [2.05, 4.69) is 15.9 Å². The molecule has 0 saturated heterocycles. The van der Waals surface area contributed by atoms with E-state index in [-0.39, 0.29) is 6.54 Å². The van der Waals surface area contributed by atoms with Gasteiger partial charge in [-0.25, -0.2) is 0 Å². The zero-order chi connectivity index (χ0) is 9.14. The Labute approximate surface area is 84.5 Å². The molecule has 0 aliphatic rings. The van der Waals surface area contributed by atoms with Gasteiger partial charge in [0.05, 0.1) is 6.10 Å². The van der Waals surface area contributed by atoms with E-state index >= 15 is 0 Å². The Kier molecular flexibility index (Phi) is 3.53. The Balaban J connectivity index is 3.00. The highest BCUT2D eigenvalue weighted by Gasteiger charge is 2.06. The summed E-state index contributed by atoms with van der Waals surface area (Å²) in [5.41, 5.74) is 6.03. The summed E-state index contributed by atoms with van der Waals surface area (Å²) >= 11 is 9.04. The monoisotopic (exact) mass is 249 g/mol. The number of hydrogen-bond donors (Lipinski definition) is 2. The van der Waals surface area contributed by atoms with Crippen LogP contribution in [-0.4, -0.2) is 11.7 Å². The Bertz CT molecular complexity index is 260. The predicted molar refractivity (Wildman–Crippen MR) is 53.2 cm³/mol. The molecular formula is C8H9BrClNO. The zero-order valence-corrected chi connectivity index (χ0v) is 8.64. The molecule has 66 valence electrons. The summed E-state index contributed by atoms with van der Waals surface area (Å²) in [5, 5.41) is 9.96. The first kappa shape index (κ1) is 9.99. The maximum Gasteiger partial charge on any atom is 0.0913 e. The summed E-state index contributed by atoms with van der Waals surface area (Å²) in [5.74, 6) is 0. The van der Waals surface area contributed by atoms with Gasteiger partial charge in [0, 0.05) is 16.0 Å². The first-order valence-electron chi connectivity index (χ1n) is 3.47. The largest absolute Gasteiger partial charge is 0.387 e. The standard InChI is InChI=1S/C8H9BrClNO/c9-6-1-5(8(12)4-11)2-7(10)3-6/h1-3,8,12H,4,11H2. The highest BCUT2D eigenvalue weighted by Crippen LogP contribution is 2.23. The molecule has 0 aromatic heterocycles. The minimum atomic E-state index is -0.639. The molecule has 1 aromatic carbocycles.